The number of carbonyl (C=O) groups excluding carboxylic acids is 1. The summed E-state index contributed by atoms with van der Waals surface area (Å²) in [4.78, 5) is 14.3. The fraction of sp³-hybridized carbons (Fsp3) is 0.929. The maximum absolute atomic E-state index is 12.5. The molecule has 0 radical (unpaired) electrons. The first kappa shape index (κ1) is 15.8. The molecule has 6 heteroatoms. The van der Waals surface area contributed by atoms with Gasteiger partial charge < -0.3 is 4.90 Å². The van der Waals surface area contributed by atoms with E-state index in [-0.39, 0.29) is 29.9 Å². The first-order chi connectivity index (χ1) is 9.33. The highest BCUT2D eigenvalue weighted by Crippen LogP contribution is 2.33. The van der Waals surface area contributed by atoms with Crippen molar-refractivity contribution < 1.29 is 13.2 Å². The highest BCUT2D eigenvalue weighted by atomic mass is 32.2. The molecule has 0 aromatic heterocycles. The highest BCUT2D eigenvalue weighted by molar-refractivity contribution is 7.90. The van der Waals surface area contributed by atoms with E-state index in [1.807, 2.05) is 18.7 Å². The molecule has 0 spiro atoms. The number of nitrogens with one attached hydrogen (secondary N) is 1. The second-order valence-electron chi connectivity index (χ2n) is 6.30. The molecule has 1 heterocycles. The molecule has 0 aromatic carbocycles. The van der Waals surface area contributed by atoms with Gasteiger partial charge >= 0.3 is 0 Å². The fourth-order valence-electron chi connectivity index (χ4n) is 3.61. The third-order valence-electron chi connectivity index (χ3n) is 4.50. The molecule has 1 amide bonds. The molecular formula is C14H26N2O3S. The Kier molecular flexibility index (Phi) is 4.74. The summed E-state index contributed by atoms with van der Waals surface area (Å²) in [5.41, 5.74) is 0. The van der Waals surface area contributed by atoms with E-state index in [1.54, 1.807) is 0 Å². The predicted octanol–water partition coefficient (Wildman–Crippen LogP) is 1.15. The first-order valence-corrected chi connectivity index (χ1v) is 9.65. The number of rotatable bonds is 5. The van der Waals surface area contributed by atoms with Gasteiger partial charge in [0.05, 0.1) is 18.0 Å². The summed E-state index contributed by atoms with van der Waals surface area (Å²) in [6.07, 6.45) is 6.69. The predicted molar refractivity (Wildman–Crippen MR) is 79.0 cm³/mol. The van der Waals surface area contributed by atoms with E-state index in [9.17, 15) is 13.2 Å². The van der Waals surface area contributed by atoms with Gasteiger partial charge in [-0.3, -0.25) is 10.1 Å². The third-order valence-corrected chi connectivity index (χ3v) is 5.59. The topological polar surface area (TPSA) is 66.5 Å². The Balaban J connectivity index is 2.18. The van der Waals surface area contributed by atoms with Crippen LogP contribution < -0.4 is 5.32 Å². The molecule has 1 aliphatic heterocycles. The molecule has 3 unspecified atom stereocenters. The van der Waals surface area contributed by atoms with Crippen LogP contribution >= 0.6 is 0 Å². The molecule has 2 rings (SSSR count). The summed E-state index contributed by atoms with van der Waals surface area (Å²) < 4.78 is 23.1. The van der Waals surface area contributed by atoms with Crippen molar-refractivity contribution in [2.75, 3.05) is 12.0 Å². The van der Waals surface area contributed by atoms with Crippen LogP contribution in [-0.4, -0.2) is 49.5 Å². The summed E-state index contributed by atoms with van der Waals surface area (Å²) in [6.45, 7) is 3.84. The van der Waals surface area contributed by atoms with Crippen LogP contribution in [0, 0.1) is 5.92 Å². The zero-order chi connectivity index (χ0) is 14.9. The van der Waals surface area contributed by atoms with Crippen molar-refractivity contribution in [3.05, 3.63) is 0 Å². The van der Waals surface area contributed by atoms with Gasteiger partial charge in [-0.15, -0.1) is 0 Å². The molecule has 1 aliphatic carbocycles. The molecule has 2 aliphatic rings. The number of carbonyl (C=O) groups is 1. The highest BCUT2D eigenvalue weighted by Gasteiger charge is 2.44. The van der Waals surface area contributed by atoms with Crippen molar-refractivity contribution >= 4 is 15.7 Å². The summed E-state index contributed by atoms with van der Waals surface area (Å²) in [5, 5.41) is 3.43. The molecule has 3 atom stereocenters. The molecule has 20 heavy (non-hydrogen) atoms. The maximum atomic E-state index is 12.5. The SMILES string of the molecule is CCC1NC(C2CCCC2)N(C(C)CS(C)(=O)=O)C1=O. The van der Waals surface area contributed by atoms with Gasteiger partial charge in [-0.25, -0.2) is 8.42 Å². The number of hydrogen-bond donors (Lipinski definition) is 1. The Morgan fingerprint density at radius 3 is 2.45 bits per heavy atom. The lowest BCUT2D eigenvalue weighted by molar-refractivity contribution is -0.132. The Morgan fingerprint density at radius 1 is 1.35 bits per heavy atom. The molecule has 1 saturated heterocycles. The maximum Gasteiger partial charge on any atom is 0.241 e. The summed E-state index contributed by atoms with van der Waals surface area (Å²) in [6, 6.07) is -0.408. The average Bonchev–Trinajstić information content (AvgIpc) is 2.93. The van der Waals surface area contributed by atoms with Crippen LogP contribution in [0.3, 0.4) is 0 Å². The van der Waals surface area contributed by atoms with Crippen molar-refractivity contribution in [3.8, 4) is 0 Å². The molecule has 1 N–H and O–H groups in total. The van der Waals surface area contributed by atoms with E-state index < -0.39 is 9.84 Å². The van der Waals surface area contributed by atoms with Crippen LogP contribution in [0.1, 0.15) is 46.0 Å². The van der Waals surface area contributed by atoms with E-state index in [2.05, 4.69) is 5.32 Å². The van der Waals surface area contributed by atoms with Gasteiger partial charge in [-0.2, -0.15) is 0 Å². The number of amides is 1. The molecular weight excluding hydrogens is 276 g/mol. The standard InChI is InChI=1S/C14H26N2O3S/c1-4-12-14(17)16(10(2)9-20(3,18)19)13(15-12)11-7-5-6-8-11/h10-13,15H,4-9H2,1-3H3. The van der Waals surface area contributed by atoms with Crippen molar-refractivity contribution in [2.45, 2.75) is 64.2 Å². The Bertz CT molecular complexity index is 457. The first-order valence-electron chi connectivity index (χ1n) is 7.59. The van der Waals surface area contributed by atoms with Crippen molar-refractivity contribution in [3.63, 3.8) is 0 Å². The third kappa shape index (κ3) is 3.34. The minimum absolute atomic E-state index is 0.0201. The van der Waals surface area contributed by atoms with E-state index >= 15 is 0 Å². The van der Waals surface area contributed by atoms with E-state index in [0.29, 0.717) is 5.92 Å². The van der Waals surface area contributed by atoms with Crippen LogP contribution in [0.5, 0.6) is 0 Å². The van der Waals surface area contributed by atoms with Gasteiger partial charge in [-0.1, -0.05) is 19.8 Å². The van der Waals surface area contributed by atoms with Crippen LogP contribution in [0.25, 0.3) is 0 Å². The number of sulfone groups is 1. The van der Waals surface area contributed by atoms with Gasteiger partial charge in [0.25, 0.3) is 0 Å². The van der Waals surface area contributed by atoms with E-state index in [0.717, 1.165) is 19.3 Å². The van der Waals surface area contributed by atoms with Gasteiger partial charge in [0.1, 0.15) is 9.84 Å². The molecule has 2 fully saturated rings. The second kappa shape index (κ2) is 6.02. The fourth-order valence-corrected chi connectivity index (χ4v) is 4.65. The quantitative estimate of drug-likeness (QED) is 0.827. The minimum atomic E-state index is -3.08. The zero-order valence-corrected chi connectivity index (χ0v) is 13.4. The molecule has 5 nitrogen and oxygen atoms in total. The van der Waals surface area contributed by atoms with Crippen LogP contribution in [-0.2, 0) is 14.6 Å². The van der Waals surface area contributed by atoms with Gasteiger partial charge in [0.2, 0.25) is 5.91 Å². The van der Waals surface area contributed by atoms with Crippen LogP contribution in [0.15, 0.2) is 0 Å². The van der Waals surface area contributed by atoms with Crippen molar-refractivity contribution in [2.24, 2.45) is 5.92 Å². The average molecular weight is 302 g/mol. The smallest absolute Gasteiger partial charge is 0.241 e. The summed E-state index contributed by atoms with van der Waals surface area (Å²) in [7, 11) is -3.08. The Hall–Kier alpha value is -0.620. The van der Waals surface area contributed by atoms with E-state index in [4.69, 9.17) is 0 Å². The molecule has 116 valence electrons. The normalized spacial score (nSPS) is 30.1. The lowest BCUT2D eigenvalue weighted by atomic mass is 10.0. The monoisotopic (exact) mass is 302 g/mol. The molecule has 1 saturated carbocycles. The van der Waals surface area contributed by atoms with Crippen molar-refractivity contribution in [1.82, 2.24) is 10.2 Å². The van der Waals surface area contributed by atoms with E-state index in [1.165, 1.54) is 19.1 Å². The van der Waals surface area contributed by atoms with Crippen LogP contribution in [0.2, 0.25) is 0 Å². The van der Waals surface area contributed by atoms with Crippen LogP contribution in [0.4, 0.5) is 0 Å². The second-order valence-corrected chi connectivity index (χ2v) is 8.49. The summed E-state index contributed by atoms with van der Waals surface area (Å²) >= 11 is 0. The molecule has 0 aromatic rings. The minimum Gasteiger partial charge on any atom is -0.322 e. The molecule has 0 bridgehead atoms. The van der Waals surface area contributed by atoms with Gasteiger partial charge in [0.15, 0.2) is 0 Å². The largest absolute Gasteiger partial charge is 0.322 e. The Labute approximate surface area is 122 Å². The zero-order valence-electron chi connectivity index (χ0n) is 12.6. The Morgan fingerprint density at radius 2 is 1.95 bits per heavy atom. The van der Waals surface area contributed by atoms with Gasteiger partial charge in [-0.05, 0) is 32.1 Å². The lowest BCUT2D eigenvalue weighted by Crippen LogP contribution is -2.49. The number of hydrogen-bond acceptors (Lipinski definition) is 4. The van der Waals surface area contributed by atoms with Gasteiger partial charge in [0, 0.05) is 12.3 Å². The van der Waals surface area contributed by atoms with Crippen molar-refractivity contribution in [1.29, 1.82) is 0 Å². The lowest BCUT2D eigenvalue weighted by Gasteiger charge is -2.33. The summed E-state index contributed by atoms with van der Waals surface area (Å²) in [5.74, 6) is 0.582. The number of nitrogens with zero attached hydrogens (tertiary/aromatic N) is 1.